The summed E-state index contributed by atoms with van der Waals surface area (Å²) in [5.74, 6) is 0.715. The minimum absolute atomic E-state index is 0.00388. The van der Waals surface area contributed by atoms with Crippen molar-refractivity contribution >= 4 is 18.2 Å². The molecular formula is C25H31NO9. The molecule has 0 aromatic heterocycles. The number of methoxy groups -OCH3 is 4. The SMILES string of the molecule is CCOC(=O)N(C(=O)OCC)C(Cc1cc(OC)c(OC)cc1-c1ccc(OC)cc1)C(=O)OC. The Morgan fingerprint density at radius 2 is 1.34 bits per heavy atom. The van der Waals surface area contributed by atoms with Crippen LogP contribution in [0.1, 0.15) is 19.4 Å². The van der Waals surface area contributed by atoms with Crippen molar-refractivity contribution in [2.24, 2.45) is 0 Å². The maximum absolute atomic E-state index is 12.8. The second kappa shape index (κ2) is 13.1. The van der Waals surface area contributed by atoms with Gasteiger partial charge in [0.25, 0.3) is 0 Å². The third-order valence-corrected chi connectivity index (χ3v) is 5.14. The van der Waals surface area contributed by atoms with Crippen molar-refractivity contribution in [3.63, 3.8) is 0 Å². The third-order valence-electron chi connectivity index (χ3n) is 5.14. The topological polar surface area (TPSA) is 110 Å². The van der Waals surface area contributed by atoms with Crippen LogP contribution in [-0.2, 0) is 25.4 Å². The summed E-state index contributed by atoms with van der Waals surface area (Å²) in [6.45, 7) is 3.17. The van der Waals surface area contributed by atoms with Gasteiger partial charge in [-0.05, 0) is 54.8 Å². The fraction of sp³-hybridized carbons (Fsp3) is 0.400. The van der Waals surface area contributed by atoms with Crippen LogP contribution in [0.3, 0.4) is 0 Å². The monoisotopic (exact) mass is 489 g/mol. The second-order valence-corrected chi connectivity index (χ2v) is 7.10. The van der Waals surface area contributed by atoms with Crippen molar-refractivity contribution < 1.29 is 42.8 Å². The van der Waals surface area contributed by atoms with Gasteiger partial charge >= 0.3 is 18.2 Å². The molecule has 1 unspecified atom stereocenters. The number of rotatable bonds is 10. The molecule has 2 aromatic rings. The van der Waals surface area contributed by atoms with E-state index in [4.69, 9.17) is 28.4 Å². The normalized spacial score (nSPS) is 11.1. The van der Waals surface area contributed by atoms with E-state index in [2.05, 4.69) is 0 Å². The van der Waals surface area contributed by atoms with Gasteiger partial charge in [-0.15, -0.1) is 0 Å². The Morgan fingerprint density at radius 1 is 0.800 bits per heavy atom. The number of benzene rings is 2. The van der Waals surface area contributed by atoms with Crippen LogP contribution in [0.4, 0.5) is 9.59 Å². The lowest BCUT2D eigenvalue weighted by molar-refractivity contribution is -0.145. The Bertz CT molecular complexity index is 1000. The van der Waals surface area contributed by atoms with Crippen LogP contribution in [-0.4, -0.2) is 70.8 Å². The Kier molecular flexibility index (Phi) is 10.2. The molecule has 190 valence electrons. The summed E-state index contributed by atoms with van der Waals surface area (Å²) in [6, 6.07) is 9.32. The predicted octanol–water partition coefficient (Wildman–Crippen LogP) is 4.08. The van der Waals surface area contributed by atoms with Gasteiger partial charge in [-0.1, -0.05) is 12.1 Å². The maximum atomic E-state index is 12.8. The molecule has 0 radical (unpaired) electrons. The minimum Gasteiger partial charge on any atom is -0.497 e. The summed E-state index contributed by atoms with van der Waals surface area (Å²) in [5, 5.41) is 0. The summed E-state index contributed by atoms with van der Waals surface area (Å²) in [4.78, 5) is 38.9. The zero-order valence-electron chi connectivity index (χ0n) is 20.8. The van der Waals surface area contributed by atoms with Crippen molar-refractivity contribution in [1.29, 1.82) is 0 Å². The molecule has 10 heteroatoms. The molecule has 2 rings (SSSR count). The maximum Gasteiger partial charge on any atom is 0.420 e. The number of esters is 1. The quantitative estimate of drug-likeness (QED) is 0.360. The van der Waals surface area contributed by atoms with Crippen LogP contribution in [0.15, 0.2) is 36.4 Å². The number of nitrogens with zero attached hydrogens (tertiary/aromatic N) is 1. The highest BCUT2D eigenvalue weighted by atomic mass is 16.6. The van der Waals surface area contributed by atoms with Crippen LogP contribution in [0.25, 0.3) is 11.1 Å². The number of hydrogen-bond acceptors (Lipinski definition) is 9. The Morgan fingerprint density at radius 3 is 1.80 bits per heavy atom. The third kappa shape index (κ3) is 6.56. The fourth-order valence-corrected chi connectivity index (χ4v) is 3.47. The summed E-state index contributed by atoms with van der Waals surface area (Å²) in [7, 11) is 5.73. The molecule has 2 amide bonds. The summed E-state index contributed by atoms with van der Waals surface area (Å²) in [5.41, 5.74) is 2.05. The van der Waals surface area contributed by atoms with Gasteiger partial charge < -0.3 is 28.4 Å². The molecule has 0 saturated heterocycles. The molecule has 10 nitrogen and oxygen atoms in total. The van der Waals surface area contributed by atoms with Gasteiger partial charge in [-0.3, -0.25) is 0 Å². The van der Waals surface area contributed by atoms with Crippen molar-refractivity contribution in [2.45, 2.75) is 26.3 Å². The average Bonchev–Trinajstić information content (AvgIpc) is 2.87. The molecule has 2 aromatic carbocycles. The van der Waals surface area contributed by atoms with Crippen molar-refractivity contribution in [3.8, 4) is 28.4 Å². The first-order valence-electron chi connectivity index (χ1n) is 10.9. The molecular weight excluding hydrogens is 458 g/mol. The van der Waals surface area contributed by atoms with E-state index < -0.39 is 24.2 Å². The number of imide groups is 1. The molecule has 0 aliphatic rings. The largest absolute Gasteiger partial charge is 0.497 e. The van der Waals surface area contributed by atoms with Crippen LogP contribution in [0, 0.1) is 0 Å². The van der Waals surface area contributed by atoms with E-state index in [0.29, 0.717) is 33.3 Å². The van der Waals surface area contributed by atoms with Crippen LogP contribution >= 0.6 is 0 Å². The molecule has 1 atom stereocenters. The van der Waals surface area contributed by atoms with Gasteiger partial charge in [0.15, 0.2) is 11.5 Å². The predicted molar refractivity (Wildman–Crippen MR) is 127 cm³/mol. The number of carbonyl (C=O) groups is 3. The van der Waals surface area contributed by atoms with Gasteiger partial charge in [0.05, 0.1) is 41.7 Å². The molecule has 0 fully saturated rings. The van der Waals surface area contributed by atoms with E-state index >= 15 is 0 Å². The minimum atomic E-state index is -1.37. The van der Waals surface area contributed by atoms with Gasteiger partial charge in [0.2, 0.25) is 0 Å². The molecule has 0 saturated carbocycles. The van der Waals surface area contributed by atoms with E-state index in [1.807, 2.05) is 12.1 Å². The molecule has 0 spiro atoms. The molecule has 35 heavy (non-hydrogen) atoms. The van der Waals surface area contributed by atoms with Crippen molar-refractivity contribution in [2.75, 3.05) is 41.7 Å². The summed E-state index contributed by atoms with van der Waals surface area (Å²) in [6.07, 6.45) is -2.15. The first kappa shape index (κ1) is 27.3. The highest BCUT2D eigenvalue weighted by Gasteiger charge is 2.38. The molecule has 0 bridgehead atoms. The fourth-order valence-electron chi connectivity index (χ4n) is 3.47. The number of hydrogen-bond donors (Lipinski definition) is 0. The van der Waals surface area contributed by atoms with Crippen molar-refractivity contribution in [1.82, 2.24) is 4.90 Å². The Balaban J connectivity index is 2.67. The van der Waals surface area contributed by atoms with E-state index in [1.54, 1.807) is 45.2 Å². The lowest BCUT2D eigenvalue weighted by Gasteiger charge is -2.27. The van der Waals surface area contributed by atoms with Crippen LogP contribution < -0.4 is 14.2 Å². The zero-order chi connectivity index (χ0) is 26.0. The van der Waals surface area contributed by atoms with Gasteiger partial charge in [0.1, 0.15) is 11.8 Å². The summed E-state index contributed by atoms with van der Waals surface area (Å²) >= 11 is 0. The van der Waals surface area contributed by atoms with E-state index in [0.717, 1.165) is 5.56 Å². The number of amides is 2. The first-order valence-corrected chi connectivity index (χ1v) is 10.9. The highest BCUT2D eigenvalue weighted by Crippen LogP contribution is 2.37. The van der Waals surface area contributed by atoms with Gasteiger partial charge in [0, 0.05) is 6.42 Å². The standard InChI is InChI=1S/C25H31NO9/c1-7-34-24(28)26(25(29)35-8-2)20(23(27)33-6)13-17-14-21(31-4)22(32-5)15-19(17)16-9-11-18(30-3)12-10-16/h9-12,14-15,20H,7-8,13H2,1-6H3. The smallest absolute Gasteiger partial charge is 0.420 e. The van der Waals surface area contributed by atoms with Gasteiger partial charge in [-0.25, -0.2) is 14.4 Å². The lowest BCUT2D eigenvalue weighted by atomic mass is 9.93. The number of carbonyl (C=O) groups excluding carboxylic acids is 3. The van der Waals surface area contributed by atoms with E-state index in [1.165, 1.54) is 21.3 Å². The first-order chi connectivity index (χ1) is 16.8. The Labute approximate surface area is 204 Å². The highest BCUT2D eigenvalue weighted by molar-refractivity contribution is 5.94. The van der Waals surface area contributed by atoms with Crippen molar-refractivity contribution in [3.05, 3.63) is 42.0 Å². The van der Waals surface area contributed by atoms with E-state index in [-0.39, 0.29) is 19.6 Å². The second-order valence-electron chi connectivity index (χ2n) is 7.10. The van der Waals surface area contributed by atoms with Gasteiger partial charge in [-0.2, -0.15) is 4.90 Å². The molecule has 0 N–H and O–H groups in total. The van der Waals surface area contributed by atoms with Crippen LogP contribution in [0.5, 0.6) is 17.2 Å². The number of ether oxygens (including phenoxy) is 6. The molecule has 0 aliphatic carbocycles. The molecule has 0 heterocycles. The summed E-state index contributed by atoms with van der Waals surface area (Å²) < 4.78 is 31.1. The zero-order valence-corrected chi connectivity index (χ0v) is 20.8. The molecule has 0 aliphatic heterocycles. The Hall–Kier alpha value is -3.95. The van der Waals surface area contributed by atoms with Crippen LogP contribution in [0.2, 0.25) is 0 Å². The average molecular weight is 490 g/mol. The lowest BCUT2D eigenvalue weighted by Crippen LogP contribution is -2.50. The van der Waals surface area contributed by atoms with E-state index in [9.17, 15) is 14.4 Å².